The van der Waals surface area contributed by atoms with E-state index in [-0.39, 0.29) is 5.91 Å². The van der Waals surface area contributed by atoms with Gasteiger partial charge < -0.3 is 9.88 Å². The first-order chi connectivity index (χ1) is 15.5. The molecule has 0 bridgehead atoms. The molecule has 162 valence electrons. The Morgan fingerprint density at radius 1 is 1.12 bits per heavy atom. The number of benzene rings is 2. The Kier molecular flexibility index (Phi) is 4.07. The molecule has 4 aromatic rings. The Bertz CT molecular complexity index is 1350. The van der Waals surface area contributed by atoms with E-state index in [0.29, 0.717) is 6.54 Å². The minimum absolute atomic E-state index is 0.145. The third kappa shape index (κ3) is 2.74. The first kappa shape index (κ1) is 19.3. The second kappa shape index (κ2) is 6.77. The average molecular weight is 427 g/mol. The quantitative estimate of drug-likeness (QED) is 0.515. The van der Waals surface area contributed by atoms with Crippen molar-refractivity contribution in [2.45, 2.75) is 45.8 Å². The number of likely N-dealkylation sites (N-methyl/N-ethyl adjacent to an activating group) is 1. The summed E-state index contributed by atoms with van der Waals surface area (Å²) in [7, 11) is 0. The number of aromatic amines is 2. The van der Waals surface area contributed by atoms with Gasteiger partial charge in [0.25, 0.3) is 0 Å². The number of imidazole rings is 1. The predicted octanol–water partition coefficient (Wildman–Crippen LogP) is 4.11. The molecule has 32 heavy (non-hydrogen) atoms. The molecule has 1 amide bonds. The van der Waals surface area contributed by atoms with Crippen molar-refractivity contribution in [1.82, 2.24) is 25.1 Å². The van der Waals surface area contributed by atoms with Gasteiger partial charge in [-0.15, -0.1) is 0 Å². The number of hydrogen-bond donors (Lipinski definition) is 2. The van der Waals surface area contributed by atoms with Gasteiger partial charge in [-0.3, -0.25) is 14.8 Å². The Labute approximate surface area is 186 Å². The van der Waals surface area contributed by atoms with E-state index in [2.05, 4.69) is 50.4 Å². The first-order valence-electron chi connectivity index (χ1n) is 11.1. The van der Waals surface area contributed by atoms with E-state index < -0.39 is 5.41 Å². The summed E-state index contributed by atoms with van der Waals surface area (Å²) in [5, 5.41) is 7.81. The number of hydrogen-bond acceptors (Lipinski definition) is 4. The van der Waals surface area contributed by atoms with Gasteiger partial charge in [-0.1, -0.05) is 30.3 Å². The summed E-state index contributed by atoms with van der Waals surface area (Å²) in [4.78, 5) is 25.4. The maximum Gasteiger partial charge on any atom is 0.237 e. The highest BCUT2D eigenvalue weighted by molar-refractivity contribution is 6.09. The second-order valence-electron chi connectivity index (χ2n) is 9.31. The van der Waals surface area contributed by atoms with Crippen LogP contribution in [0.4, 0.5) is 5.69 Å². The summed E-state index contributed by atoms with van der Waals surface area (Å²) in [6.45, 7) is 9.26. The molecule has 0 aliphatic carbocycles. The van der Waals surface area contributed by atoms with Crippen molar-refractivity contribution in [3.63, 3.8) is 0 Å². The Morgan fingerprint density at radius 2 is 1.94 bits per heavy atom. The highest BCUT2D eigenvalue weighted by Gasteiger charge is 2.43. The van der Waals surface area contributed by atoms with Crippen LogP contribution in [0.1, 0.15) is 43.2 Å². The largest absolute Gasteiger partial charge is 0.337 e. The van der Waals surface area contributed by atoms with Crippen molar-refractivity contribution in [1.29, 1.82) is 0 Å². The van der Waals surface area contributed by atoms with E-state index in [0.717, 1.165) is 59.1 Å². The lowest BCUT2D eigenvalue weighted by molar-refractivity contribution is -0.122. The summed E-state index contributed by atoms with van der Waals surface area (Å²) in [6, 6.07) is 14.7. The maximum absolute atomic E-state index is 12.8. The molecule has 0 unspecified atom stereocenters. The van der Waals surface area contributed by atoms with Gasteiger partial charge in [0.05, 0.1) is 27.8 Å². The molecule has 2 aromatic carbocycles. The van der Waals surface area contributed by atoms with Crippen LogP contribution in [0.2, 0.25) is 0 Å². The number of fused-ring (bicyclic) bond motifs is 3. The normalized spacial score (nSPS) is 17.3. The van der Waals surface area contributed by atoms with Gasteiger partial charge in [-0.25, -0.2) is 4.98 Å². The van der Waals surface area contributed by atoms with Crippen molar-refractivity contribution in [2.24, 2.45) is 0 Å². The van der Waals surface area contributed by atoms with Crippen LogP contribution in [-0.2, 0) is 29.8 Å². The molecule has 0 fully saturated rings. The summed E-state index contributed by atoms with van der Waals surface area (Å²) < 4.78 is 0. The van der Waals surface area contributed by atoms with E-state index >= 15 is 0 Å². The van der Waals surface area contributed by atoms with Crippen molar-refractivity contribution in [3.05, 3.63) is 64.8 Å². The van der Waals surface area contributed by atoms with Crippen LogP contribution in [0.3, 0.4) is 0 Å². The SMILES string of the molecule is CCN1C(=O)C(C)(C)c2cc3[nH]c(-c4n[nH]c5c4CN(Cc4ccccc4)C5)nc3cc21. The Balaban J connectivity index is 1.34. The fraction of sp³-hybridized carbons (Fsp3) is 0.320. The van der Waals surface area contributed by atoms with Crippen LogP contribution >= 0.6 is 0 Å². The monoisotopic (exact) mass is 426 g/mol. The van der Waals surface area contributed by atoms with Crippen LogP contribution in [0.25, 0.3) is 22.6 Å². The summed E-state index contributed by atoms with van der Waals surface area (Å²) in [5.74, 6) is 0.918. The predicted molar refractivity (Wildman–Crippen MR) is 124 cm³/mol. The molecular formula is C25H26N6O. The second-order valence-corrected chi connectivity index (χ2v) is 9.31. The van der Waals surface area contributed by atoms with Crippen LogP contribution < -0.4 is 4.90 Å². The number of carbonyl (C=O) groups is 1. The molecule has 2 aromatic heterocycles. The van der Waals surface area contributed by atoms with Gasteiger partial charge in [0.1, 0.15) is 5.69 Å². The smallest absolute Gasteiger partial charge is 0.237 e. The third-order valence-corrected chi connectivity index (χ3v) is 6.85. The molecule has 6 rings (SSSR count). The molecule has 7 nitrogen and oxygen atoms in total. The van der Waals surface area contributed by atoms with Crippen LogP contribution in [0.5, 0.6) is 0 Å². The molecule has 0 atom stereocenters. The summed E-state index contributed by atoms with van der Waals surface area (Å²) in [5.41, 5.74) is 7.84. The van der Waals surface area contributed by atoms with Gasteiger partial charge in [-0.2, -0.15) is 5.10 Å². The van der Waals surface area contributed by atoms with Crippen molar-refractivity contribution >= 4 is 22.6 Å². The average Bonchev–Trinajstić information content (AvgIpc) is 3.50. The van der Waals surface area contributed by atoms with Crippen molar-refractivity contribution in [3.8, 4) is 11.5 Å². The lowest BCUT2D eigenvalue weighted by Gasteiger charge is -2.18. The zero-order valence-corrected chi connectivity index (χ0v) is 18.6. The van der Waals surface area contributed by atoms with E-state index in [1.165, 1.54) is 11.1 Å². The Hall–Kier alpha value is -3.45. The number of rotatable bonds is 4. The van der Waals surface area contributed by atoms with Crippen LogP contribution in [0, 0.1) is 0 Å². The number of H-pyrrole nitrogens is 2. The minimum atomic E-state index is -0.531. The number of nitrogens with one attached hydrogen (secondary N) is 2. The number of amides is 1. The van der Waals surface area contributed by atoms with Crippen molar-refractivity contribution < 1.29 is 4.79 Å². The lowest BCUT2D eigenvalue weighted by Crippen LogP contribution is -2.35. The summed E-state index contributed by atoms with van der Waals surface area (Å²) >= 11 is 0. The highest BCUT2D eigenvalue weighted by Crippen LogP contribution is 2.43. The maximum atomic E-state index is 12.8. The number of anilines is 1. The number of aromatic nitrogens is 4. The molecule has 0 saturated heterocycles. The van der Waals surface area contributed by atoms with Gasteiger partial charge in [-0.05, 0) is 44.0 Å². The van der Waals surface area contributed by atoms with E-state index in [1.807, 2.05) is 37.8 Å². The minimum Gasteiger partial charge on any atom is -0.337 e. The van der Waals surface area contributed by atoms with Crippen molar-refractivity contribution in [2.75, 3.05) is 11.4 Å². The van der Waals surface area contributed by atoms with E-state index in [1.54, 1.807) is 0 Å². The van der Waals surface area contributed by atoms with E-state index in [9.17, 15) is 4.79 Å². The molecular weight excluding hydrogens is 400 g/mol. The van der Waals surface area contributed by atoms with Gasteiger partial charge >= 0.3 is 0 Å². The van der Waals surface area contributed by atoms with Crippen LogP contribution in [0.15, 0.2) is 42.5 Å². The summed E-state index contributed by atoms with van der Waals surface area (Å²) in [6.07, 6.45) is 0. The molecule has 2 aliphatic rings. The third-order valence-electron chi connectivity index (χ3n) is 6.85. The molecule has 0 saturated carbocycles. The molecule has 7 heteroatoms. The molecule has 4 heterocycles. The molecule has 2 aliphatic heterocycles. The lowest BCUT2D eigenvalue weighted by atomic mass is 9.86. The standard InChI is InChI=1S/C25H26N6O/c1-4-31-21-11-19-18(10-17(21)25(2,3)24(31)32)26-23(27-19)22-16-13-30(14-20(16)28-29-22)12-15-8-6-5-7-9-15/h5-11H,4,12-14H2,1-3H3,(H,26,27)(H,28,29). The Morgan fingerprint density at radius 3 is 2.72 bits per heavy atom. The highest BCUT2D eigenvalue weighted by atomic mass is 16.2. The fourth-order valence-electron chi connectivity index (χ4n) is 5.11. The zero-order valence-electron chi connectivity index (χ0n) is 18.6. The van der Waals surface area contributed by atoms with Gasteiger partial charge in [0.2, 0.25) is 5.91 Å². The molecule has 2 N–H and O–H groups in total. The van der Waals surface area contributed by atoms with E-state index in [4.69, 9.17) is 4.98 Å². The van der Waals surface area contributed by atoms with Gasteiger partial charge in [0.15, 0.2) is 5.82 Å². The molecule has 0 spiro atoms. The van der Waals surface area contributed by atoms with Crippen LogP contribution in [-0.4, -0.2) is 37.5 Å². The number of carbonyl (C=O) groups excluding carboxylic acids is 1. The fourth-order valence-corrected chi connectivity index (χ4v) is 5.11. The first-order valence-corrected chi connectivity index (χ1v) is 11.1. The topological polar surface area (TPSA) is 80.9 Å². The number of nitrogens with zero attached hydrogens (tertiary/aromatic N) is 4. The zero-order chi connectivity index (χ0) is 22.0. The molecule has 0 radical (unpaired) electrons. The van der Waals surface area contributed by atoms with Gasteiger partial charge in [0, 0.05) is 31.7 Å².